The van der Waals surface area contributed by atoms with Crippen molar-refractivity contribution in [2.45, 2.75) is 11.6 Å². The van der Waals surface area contributed by atoms with E-state index in [0.717, 1.165) is 12.1 Å². The van der Waals surface area contributed by atoms with Crippen molar-refractivity contribution in [3.63, 3.8) is 0 Å². The molecular weight excluding hydrogens is 381 g/mol. The fourth-order valence-corrected chi connectivity index (χ4v) is 3.50. The standard InChI is InChI=1S/C18H11F3N2O3S/c1-27(24,25)18-13(20)6-12(7-14(18)21)16-15(8-19)26-23-17(16)11-4-2-10(9-22)3-5-11/h2-7H,8H2,1H3. The normalized spacial score (nSPS) is 11.4. The Bertz CT molecular complexity index is 1140. The first kappa shape index (κ1) is 18.7. The maximum atomic E-state index is 14.3. The third kappa shape index (κ3) is 3.44. The molecule has 0 aliphatic heterocycles. The van der Waals surface area contributed by atoms with Gasteiger partial charge in [-0.05, 0) is 29.8 Å². The highest BCUT2D eigenvalue weighted by atomic mass is 32.2. The van der Waals surface area contributed by atoms with Crippen LogP contribution in [0.1, 0.15) is 11.3 Å². The zero-order valence-electron chi connectivity index (χ0n) is 13.8. The predicted octanol–water partition coefficient (Wildman–Crippen LogP) is 4.03. The molecule has 9 heteroatoms. The molecule has 27 heavy (non-hydrogen) atoms. The van der Waals surface area contributed by atoms with Crippen molar-refractivity contribution in [2.24, 2.45) is 0 Å². The Morgan fingerprint density at radius 3 is 2.19 bits per heavy atom. The lowest BCUT2D eigenvalue weighted by Crippen LogP contribution is -2.05. The fraction of sp³-hybridized carbons (Fsp3) is 0.111. The summed E-state index contributed by atoms with van der Waals surface area (Å²) in [7, 11) is -4.13. The Morgan fingerprint density at radius 2 is 1.70 bits per heavy atom. The third-order valence-electron chi connectivity index (χ3n) is 3.83. The molecular formula is C18H11F3N2O3S. The van der Waals surface area contributed by atoms with Gasteiger partial charge in [-0.25, -0.2) is 21.6 Å². The Kier molecular flexibility index (Phi) is 4.76. The first-order valence-electron chi connectivity index (χ1n) is 7.50. The molecule has 1 aromatic heterocycles. The summed E-state index contributed by atoms with van der Waals surface area (Å²) in [6.45, 7) is -1.09. The molecule has 0 atom stereocenters. The Balaban J connectivity index is 2.23. The minimum Gasteiger partial charge on any atom is -0.357 e. The van der Waals surface area contributed by atoms with E-state index >= 15 is 0 Å². The average molecular weight is 392 g/mol. The molecule has 3 rings (SSSR count). The van der Waals surface area contributed by atoms with Gasteiger partial charge in [-0.3, -0.25) is 0 Å². The molecule has 0 aliphatic carbocycles. The van der Waals surface area contributed by atoms with Gasteiger partial charge < -0.3 is 4.52 Å². The number of halogens is 3. The molecule has 0 N–H and O–H groups in total. The second kappa shape index (κ2) is 6.89. The summed E-state index contributed by atoms with van der Waals surface area (Å²) in [6, 6.07) is 9.57. The molecule has 138 valence electrons. The summed E-state index contributed by atoms with van der Waals surface area (Å²) in [4.78, 5) is -1.07. The summed E-state index contributed by atoms with van der Waals surface area (Å²) in [5, 5.41) is 12.6. The molecule has 0 radical (unpaired) electrons. The van der Waals surface area contributed by atoms with Gasteiger partial charge in [0.15, 0.2) is 22.3 Å². The number of benzene rings is 2. The predicted molar refractivity (Wildman–Crippen MR) is 89.9 cm³/mol. The maximum Gasteiger partial charge on any atom is 0.181 e. The van der Waals surface area contributed by atoms with Crippen LogP contribution in [-0.2, 0) is 16.5 Å². The number of sulfone groups is 1. The first-order valence-corrected chi connectivity index (χ1v) is 9.40. The molecule has 0 spiro atoms. The molecule has 0 fully saturated rings. The lowest BCUT2D eigenvalue weighted by molar-refractivity contribution is 0.332. The van der Waals surface area contributed by atoms with Crippen molar-refractivity contribution >= 4 is 9.84 Å². The minimum absolute atomic E-state index is 0.0000543. The van der Waals surface area contributed by atoms with Gasteiger partial charge in [-0.1, -0.05) is 17.3 Å². The van der Waals surface area contributed by atoms with E-state index in [0.29, 0.717) is 17.4 Å². The first-order chi connectivity index (χ1) is 12.8. The molecule has 0 unspecified atom stereocenters. The topological polar surface area (TPSA) is 84.0 Å². The largest absolute Gasteiger partial charge is 0.357 e. The number of hydrogen-bond donors (Lipinski definition) is 0. The molecule has 1 heterocycles. The summed E-state index contributed by atoms with van der Waals surface area (Å²) >= 11 is 0. The highest BCUT2D eigenvalue weighted by Crippen LogP contribution is 2.37. The monoisotopic (exact) mass is 392 g/mol. The second-order valence-electron chi connectivity index (χ2n) is 5.69. The van der Waals surface area contributed by atoms with Crippen molar-refractivity contribution in [1.82, 2.24) is 5.16 Å². The number of alkyl halides is 1. The van der Waals surface area contributed by atoms with E-state index < -0.39 is 33.0 Å². The van der Waals surface area contributed by atoms with Crippen LogP contribution in [0.4, 0.5) is 13.2 Å². The van der Waals surface area contributed by atoms with Crippen LogP contribution in [0, 0.1) is 23.0 Å². The van der Waals surface area contributed by atoms with Crippen LogP contribution in [0.15, 0.2) is 45.8 Å². The van der Waals surface area contributed by atoms with Gasteiger partial charge in [0.1, 0.15) is 22.2 Å². The molecule has 0 saturated carbocycles. The van der Waals surface area contributed by atoms with E-state index in [-0.39, 0.29) is 22.6 Å². The Labute approximate surface area is 152 Å². The van der Waals surface area contributed by atoms with Crippen LogP contribution in [-0.4, -0.2) is 19.8 Å². The van der Waals surface area contributed by atoms with Gasteiger partial charge >= 0.3 is 0 Å². The second-order valence-corrected chi connectivity index (χ2v) is 7.65. The minimum atomic E-state index is -4.13. The molecule has 2 aromatic carbocycles. The van der Waals surface area contributed by atoms with E-state index in [2.05, 4.69) is 5.16 Å². The quantitative estimate of drug-likeness (QED) is 0.669. The molecule has 0 aliphatic rings. The molecule has 0 amide bonds. The molecule has 0 bridgehead atoms. The van der Waals surface area contributed by atoms with Crippen molar-refractivity contribution in [2.75, 3.05) is 6.26 Å². The zero-order chi connectivity index (χ0) is 19.8. The number of hydrogen-bond acceptors (Lipinski definition) is 5. The third-order valence-corrected chi connectivity index (χ3v) is 4.96. The number of nitrogens with zero attached hydrogens (tertiary/aromatic N) is 2. The smallest absolute Gasteiger partial charge is 0.181 e. The van der Waals surface area contributed by atoms with Crippen molar-refractivity contribution < 1.29 is 26.1 Å². The average Bonchev–Trinajstić information content (AvgIpc) is 3.04. The molecule has 3 aromatic rings. The highest BCUT2D eigenvalue weighted by molar-refractivity contribution is 7.90. The maximum absolute atomic E-state index is 14.3. The van der Waals surface area contributed by atoms with Gasteiger partial charge in [0, 0.05) is 11.8 Å². The van der Waals surface area contributed by atoms with Crippen LogP contribution >= 0.6 is 0 Å². The summed E-state index contributed by atoms with van der Waals surface area (Å²) in [5.41, 5.74) is 0.799. The number of rotatable bonds is 4. The number of aromatic nitrogens is 1. The number of nitriles is 1. The fourth-order valence-electron chi connectivity index (χ4n) is 2.67. The van der Waals surface area contributed by atoms with E-state index in [1.165, 1.54) is 24.3 Å². The van der Waals surface area contributed by atoms with Crippen molar-refractivity contribution in [3.8, 4) is 28.5 Å². The highest BCUT2D eigenvalue weighted by Gasteiger charge is 2.25. The van der Waals surface area contributed by atoms with Crippen molar-refractivity contribution in [1.29, 1.82) is 5.26 Å². The van der Waals surface area contributed by atoms with E-state index in [1.54, 1.807) is 0 Å². The summed E-state index contributed by atoms with van der Waals surface area (Å²) < 4.78 is 69.9. The van der Waals surface area contributed by atoms with Crippen LogP contribution in [0.2, 0.25) is 0 Å². The van der Waals surface area contributed by atoms with Crippen LogP contribution in [0.25, 0.3) is 22.4 Å². The van der Waals surface area contributed by atoms with Gasteiger partial charge in [0.05, 0.1) is 17.2 Å². The molecule has 0 saturated heterocycles. The zero-order valence-corrected chi connectivity index (χ0v) is 14.6. The van der Waals surface area contributed by atoms with E-state index in [4.69, 9.17) is 9.78 Å². The lowest BCUT2D eigenvalue weighted by Gasteiger charge is -2.08. The van der Waals surface area contributed by atoms with Crippen LogP contribution in [0.5, 0.6) is 0 Å². The van der Waals surface area contributed by atoms with E-state index in [9.17, 15) is 21.6 Å². The summed E-state index contributed by atoms with van der Waals surface area (Å²) in [5.74, 6) is -2.87. The van der Waals surface area contributed by atoms with Crippen molar-refractivity contribution in [3.05, 3.63) is 59.4 Å². The van der Waals surface area contributed by atoms with Gasteiger partial charge in [0.2, 0.25) is 0 Å². The Hall–Kier alpha value is -3.12. The summed E-state index contributed by atoms with van der Waals surface area (Å²) in [6.07, 6.45) is 0.683. The molecule has 5 nitrogen and oxygen atoms in total. The van der Waals surface area contributed by atoms with Crippen LogP contribution < -0.4 is 0 Å². The SMILES string of the molecule is CS(=O)(=O)c1c(F)cc(-c2c(-c3ccc(C#N)cc3)noc2CF)cc1F. The lowest BCUT2D eigenvalue weighted by atomic mass is 9.98. The van der Waals surface area contributed by atoms with Crippen LogP contribution in [0.3, 0.4) is 0 Å². The van der Waals surface area contributed by atoms with Gasteiger partial charge in [-0.15, -0.1) is 0 Å². The van der Waals surface area contributed by atoms with Gasteiger partial charge in [0.25, 0.3) is 0 Å². The Morgan fingerprint density at radius 1 is 1.11 bits per heavy atom. The van der Waals surface area contributed by atoms with Gasteiger partial charge in [-0.2, -0.15) is 5.26 Å². The van der Waals surface area contributed by atoms with E-state index in [1.807, 2.05) is 6.07 Å².